The Morgan fingerprint density at radius 1 is 1.73 bits per heavy atom. The standard InChI is InChI=1S/C8H15N3/c1-3-4-11-6-8(5-10-11)7(2)9/h5-7H,3-4,9H2,1-2H3. The van der Waals surface area contributed by atoms with Crippen molar-refractivity contribution >= 4 is 0 Å². The maximum atomic E-state index is 5.67. The van der Waals surface area contributed by atoms with Crippen LogP contribution in [0.1, 0.15) is 31.9 Å². The Morgan fingerprint density at radius 2 is 2.45 bits per heavy atom. The Labute approximate surface area is 67.2 Å². The average Bonchev–Trinajstić information content (AvgIpc) is 2.37. The van der Waals surface area contributed by atoms with E-state index in [0.29, 0.717) is 0 Å². The predicted molar refractivity (Wildman–Crippen MR) is 45.1 cm³/mol. The highest BCUT2D eigenvalue weighted by molar-refractivity contribution is 5.07. The monoisotopic (exact) mass is 153 g/mol. The first kappa shape index (κ1) is 8.27. The lowest BCUT2D eigenvalue weighted by atomic mass is 10.2. The molecule has 0 saturated carbocycles. The first-order chi connectivity index (χ1) is 5.24. The lowest BCUT2D eigenvalue weighted by Gasteiger charge is -1.98. The van der Waals surface area contributed by atoms with Crippen molar-refractivity contribution in [2.45, 2.75) is 32.9 Å². The van der Waals surface area contributed by atoms with Crippen molar-refractivity contribution < 1.29 is 0 Å². The fourth-order valence-electron chi connectivity index (χ4n) is 0.966. The van der Waals surface area contributed by atoms with Crippen molar-refractivity contribution in [3.8, 4) is 0 Å². The summed E-state index contributed by atoms with van der Waals surface area (Å²) in [6, 6.07) is 0.0978. The van der Waals surface area contributed by atoms with E-state index in [2.05, 4.69) is 12.0 Å². The van der Waals surface area contributed by atoms with Crippen LogP contribution in [0.25, 0.3) is 0 Å². The molecule has 3 heteroatoms. The van der Waals surface area contributed by atoms with Gasteiger partial charge in [-0.25, -0.2) is 0 Å². The van der Waals surface area contributed by atoms with Gasteiger partial charge in [0.2, 0.25) is 0 Å². The average molecular weight is 153 g/mol. The van der Waals surface area contributed by atoms with Gasteiger partial charge in [-0.3, -0.25) is 4.68 Å². The zero-order chi connectivity index (χ0) is 8.27. The predicted octanol–water partition coefficient (Wildman–Crippen LogP) is 1.31. The quantitative estimate of drug-likeness (QED) is 0.711. The molecule has 0 amide bonds. The van der Waals surface area contributed by atoms with Crippen molar-refractivity contribution in [2.24, 2.45) is 5.73 Å². The van der Waals surface area contributed by atoms with E-state index in [1.54, 1.807) is 0 Å². The summed E-state index contributed by atoms with van der Waals surface area (Å²) in [5, 5.41) is 4.16. The van der Waals surface area contributed by atoms with Gasteiger partial charge >= 0.3 is 0 Å². The summed E-state index contributed by atoms with van der Waals surface area (Å²) in [4.78, 5) is 0. The van der Waals surface area contributed by atoms with Gasteiger partial charge in [-0.15, -0.1) is 0 Å². The maximum absolute atomic E-state index is 5.67. The highest BCUT2D eigenvalue weighted by Gasteiger charge is 2.01. The zero-order valence-corrected chi connectivity index (χ0v) is 7.12. The second-order valence-electron chi connectivity index (χ2n) is 2.83. The topological polar surface area (TPSA) is 43.8 Å². The molecular formula is C8H15N3. The molecule has 11 heavy (non-hydrogen) atoms. The normalized spacial score (nSPS) is 13.4. The summed E-state index contributed by atoms with van der Waals surface area (Å²) in [6.07, 6.45) is 4.95. The number of hydrogen-bond donors (Lipinski definition) is 1. The van der Waals surface area contributed by atoms with Crippen molar-refractivity contribution in [1.82, 2.24) is 9.78 Å². The Kier molecular flexibility index (Phi) is 2.65. The number of hydrogen-bond acceptors (Lipinski definition) is 2. The summed E-state index contributed by atoms with van der Waals surface area (Å²) < 4.78 is 1.93. The molecule has 1 unspecified atom stereocenters. The van der Waals surface area contributed by atoms with Gasteiger partial charge < -0.3 is 5.73 Å². The minimum absolute atomic E-state index is 0.0978. The van der Waals surface area contributed by atoms with Gasteiger partial charge in [-0.2, -0.15) is 5.10 Å². The van der Waals surface area contributed by atoms with E-state index in [0.717, 1.165) is 18.5 Å². The molecule has 62 valence electrons. The van der Waals surface area contributed by atoms with Crippen LogP contribution in [-0.2, 0) is 6.54 Å². The molecule has 0 spiro atoms. The molecule has 0 radical (unpaired) electrons. The number of aromatic nitrogens is 2. The molecule has 0 bridgehead atoms. The Balaban J connectivity index is 2.66. The third kappa shape index (κ3) is 2.05. The van der Waals surface area contributed by atoms with E-state index < -0.39 is 0 Å². The number of aryl methyl sites for hydroxylation is 1. The summed E-state index contributed by atoms with van der Waals surface area (Å²) in [5.41, 5.74) is 6.78. The van der Waals surface area contributed by atoms with Gasteiger partial charge in [0, 0.05) is 24.3 Å². The van der Waals surface area contributed by atoms with Crippen LogP contribution in [0.15, 0.2) is 12.4 Å². The first-order valence-corrected chi connectivity index (χ1v) is 4.02. The van der Waals surface area contributed by atoms with Crippen LogP contribution < -0.4 is 5.73 Å². The lowest BCUT2D eigenvalue weighted by molar-refractivity contribution is 0.601. The molecule has 0 aliphatic heterocycles. The Bertz CT molecular complexity index is 215. The van der Waals surface area contributed by atoms with Crippen LogP contribution in [0.5, 0.6) is 0 Å². The fourth-order valence-corrected chi connectivity index (χ4v) is 0.966. The smallest absolute Gasteiger partial charge is 0.0537 e. The number of nitrogens with two attached hydrogens (primary N) is 1. The second-order valence-corrected chi connectivity index (χ2v) is 2.83. The molecule has 0 fully saturated rings. The lowest BCUT2D eigenvalue weighted by Crippen LogP contribution is -2.03. The van der Waals surface area contributed by atoms with Gasteiger partial charge in [0.05, 0.1) is 6.20 Å². The number of rotatable bonds is 3. The van der Waals surface area contributed by atoms with Crippen LogP contribution >= 0.6 is 0 Å². The molecule has 0 aliphatic carbocycles. The van der Waals surface area contributed by atoms with Crippen molar-refractivity contribution in [2.75, 3.05) is 0 Å². The molecule has 0 aromatic carbocycles. The van der Waals surface area contributed by atoms with Gasteiger partial charge in [0.1, 0.15) is 0 Å². The molecule has 3 nitrogen and oxygen atoms in total. The van der Waals surface area contributed by atoms with Crippen molar-refractivity contribution in [1.29, 1.82) is 0 Å². The molecule has 1 aromatic heterocycles. The third-order valence-electron chi connectivity index (χ3n) is 1.63. The van der Waals surface area contributed by atoms with E-state index in [1.165, 1.54) is 0 Å². The highest BCUT2D eigenvalue weighted by atomic mass is 15.3. The summed E-state index contributed by atoms with van der Waals surface area (Å²) in [6.45, 7) is 5.08. The van der Waals surface area contributed by atoms with Crippen LogP contribution in [0.4, 0.5) is 0 Å². The Morgan fingerprint density at radius 3 is 2.91 bits per heavy atom. The van der Waals surface area contributed by atoms with E-state index in [9.17, 15) is 0 Å². The Hall–Kier alpha value is -0.830. The van der Waals surface area contributed by atoms with Crippen LogP contribution in [-0.4, -0.2) is 9.78 Å². The van der Waals surface area contributed by atoms with E-state index in [4.69, 9.17) is 5.73 Å². The van der Waals surface area contributed by atoms with Crippen LogP contribution in [0, 0.1) is 0 Å². The molecular weight excluding hydrogens is 138 g/mol. The maximum Gasteiger partial charge on any atom is 0.0537 e. The fraction of sp³-hybridized carbons (Fsp3) is 0.625. The first-order valence-electron chi connectivity index (χ1n) is 4.02. The highest BCUT2D eigenvalue weighted by Crippen LogP contribution is 2.06. The molecule has 1 rings (SSSR count). The minimum atomic E-state index is 0.0978. The second kappa shape index (κ2) is 3.53. The molecule has 1 aromatic rings. The number of nitrogens with zero attached hydrogens (tertiary/aromatic N) is 2. The third-order valence-corrected chi connectivity index (χ3v) is 1.63. The minimum Gasteiger partial charge on any atom is -0.324 e. The van der Waals surface area contributed by atoms with E-state index in [-0.39, 0.29) is 6.04 Å². The van der Waals surface area contributed by atoms with Gasteiger partial charge in [-0.1, -0.05) is 6.92 Å². The molecule has 1 atom stereocenters. The summed E-state index contributed by atoms with van der Waals surface area (Å²) >= 11 is 0. The summed E-state index contributed by atoms with van der Waals surface area (Å²) in [5.74, 6) is 0. The van der Waals surface area contributed by atoms with E-state index in [1.807, 2.05) is 24.0 Å². The molecule has 1 heterocycles. The molecule has 2 N–H and O–H groups in total. The van der Waals surface area contributed by atoms with Crippen molar-refractivity contribution in [3.63, 3.8) is 0 Å². The van der Waals surface area contributed by atoms with Gasteiger partial charge in [0.25, 0.3) is 0 Å². The van der Waals surface area contributed by atoms with Crippen LogP contribution in [0.3, 0.4) is 0 Å². The molecule has 0 aliphatic rings. The zero-order valence-electron chi connectivity index (χ0n) is 7.12. The summed E-state index contributed by atoms with van der Waals surface area (Å²) in [7, 11) is 0. The van der Waals surface area contributed by atoms with Crippen molar-refractivity contribution in [3.05, 3.63) is 18.0 Å². The SMILES string of the molecule is CCCn1cc(C(C)N)cn1. The largest absolute Gasteiger partial charge is 0.324 e. The van der Waals surface area contributed by atoms with E-state index >= 15 is 0 Å². The van der Waals surface area contributed by atoms with Crippen LogP contribution in [0.2, 0.25) is 0 Å². The van der Waals surface area contributed by atoms with Gasteiger partial charge in [-0.05, 0) is 13.3 Å². The molecule has 0 saturated heterocycles. The van der Waals surface area contributed by atoms with Gasteiger partial charge in [0.15, 0.2) is 0 Å².